The van der Waals surface area contributed by atoms with Crippen molar-refractivity contribution in [1.82, 2.24) is 4.90 Å². The van der Waals surface area contributed by atoms with Crippen LogP contribution in [0.1, 0.15) is 25.7 Å². The van der Waals surface area contributed by atoms with E-state index >= 15 is 0 Å². The predicted octanol–water partition coefficient (Wildman–Crippen LogP) is 1.94. The van der Waals surface area contributed by atoms with Crippen LogP contribution in [0.4, 0.5) is 0 Å². The van der Waals surface area contributed by atoms with E-state index in [0.717, 1.165) is 0 Å². The molecular formula is C8H15NS. The molecule has 0 aromatic heterocycles. The molecule has 0 bridgehead atoms. The van der Waals surface area contributed by atoms with Crippen LogP contribution in [0.15, 0.2) is 0 Å². The van der Waals surface area contributed by atoms with Crippen LogP contribution in [0.3, 0.4) is 0 Å². The van der Waals surface area contributed by atoms with Crippen molar-refractivity contribution < 1.29 is 0 Å². The quantitative estimate of drug-likeness (QED) is 0.528. The molecule has 1 saturated heterocycles. The molecule has 1 saturated carbocycles. The second kappa shape index (κ2) is 2.42. The van der Waals surface area contributed by atoms with Gasteiger partial charge in [-0.2, -0.15) is 0 Å². The Labute approximate surface area is 67.2 Å². The van der Waals surface area contributed by atoms with Crippen LogP contribution in [0.2, 0.25) is 0 Å². The second-order valence-electron chi connectivity index (χ2n) is 3.42. The second-order valence-corrected chi connectivity index (χ2v) is 4.88. The molecule has 0 aromatic rings. The Morgan fingerprint density at radius 3 is 2.50 bits per heavy atom. The lowest BCUT2D eigenvalue weighted by Crippen LogP contribution is -2.35. The number of hydrogen-bond donors (Lipinski definition) is 0. The van der Waals surface area contributed by atoms with Crippen LogP contribution in [0, 0.1) is 0 Å². The monoisotopic (exact) mass is 157 g/mol. The molecule has 2 aliphatic rings. The average molecular weight is 157 g/mol. The normalized spacial score (nSPS) is 32.1. The van der Waals surface area contributed by atoms with Crippen LogP contribution in [-0.4, -0.2) is 29.1 Å². The van der Waals surface area contributed by atoms with Crippen LogP contribution in [-0.2, 0) is 0 Å². The van der Waals surface area contributed by atoms with Gasteiger partial charge in [0, 0.05) is 12.3 Å². The first-order valence-electron chi connectivity index (χ1n) is 4.19. The molecule has 0 atom stereocenters. The minimum Gasteiger partial charge on any atom is -0.291 e. The van der Waals surface area contributed by atoms with Gasteiger partial charge in [0.05, 0.1) is 4.87 Å². The van der Waals surface area contributed by atoms with Gasteiger partial charge in [-0.3, -0.25) is 4.90 Å². The summed E-state index contributed by atoms with van der Waals surface area (Å²) in [5.74, 6) is 1.36. The van der Waals surface area contributed by atoms with Gasteiger partial charge >= 0.3 is 0 Å². The van der Waals surface area contributed by atoms with Crippen molar-refractivity contribution in [1.29, 1.82) is 0 Å². The smallest absolute Gasteiger partial charge is 0.0668 e. The molecule has 0 unspecified atom stereocenters. The molecule has 2 fully saturated rings. The Hall–Kier alpha value is 0.310. The van der Waals surface area contributed by atoms with Gasteiger partial charge in [0.25, 0.3) is 0 Å². The maximum atomic E-state index is 2.56. The zero-order valence-electron chi connectivity index (χ0n) is 6.60. The Bertz CT molecular complexity index is 124. The number of rotatable bonds is 0. The highest BCUT2D eigenvalue weighted by molar-refractivity contribution is 8.00. The standard InChI is InChI=1S/C8H15NS/c1-9-6-7-10-8(9)4-2-3-5-8/h2-7H2,1H3. The minimum atomic E-state index is 0.597. The van der Waals surface area contributed by atoms with Crippen LogP contribution in [0.25, 0.3) is 0 Å². The van der Waals surface area contributed by atoms with E-state index in [4.69, 9.17) is 0 Å². The molecule has 0 amide bonds. The van der Waals surface area contributed by atoms with Gasteiger partial charge in [-0.05, 0) is 19.9 Å². The van der Waals surface area contributed by atoms with Crippen molar-refractivity contribution in [3.05, 3.63) is 0 Å². The van der Waals surface area contributed by atoms with E-state index in [1.165, 1.54) is 38.0 Å². The SMILES string of the molecule is CN1CCSC12CCCC2. The van der Waals surface area contributed by atoms with Crippen molar-refractivity contribution in [2.75, 3.05) is 19.3 Å². The third kappa shape index (κ3) is 0.892. The first kappa shape index (κ1) is 6.99. The van der Waals surface area contributed by atoms with Gasteiger partial charge in [0.15, 0.2) is 0 Å². The highest BCUT2D eigenvalue weighted by Gasteiger charge is 2.41. The molecule has 58 valence electrons. The summed E-state index contributed by atoms with van der Waals surface area (Å²) in [4.78, 5) is 3.16. The first-order valence-corrected chi connectivity index (χ1v) is 5.17. The summed E-state index contributed by atoms with van der Waals surface area (Å²) in [7, 11) is 2.28. The molecule has 1 nitrogen and oxygen atoms in total. The summed E-state index contributed by atoms with van der Waals surface area (Å²) >= 11 is 2.19. The molecule has 2 heteroatoms. The van der Waals surface area contributed by atoms with Crippen LogP contribution < -0.4 is 0 Å². The fraction of sp³-hybridized carbons (Fsp3) is 1.00. The molecule has 10 heavy (non-hydrogen) atoms. The number of thioether (sulfide) groups is 1. The molecule has 1 aliphatic heterocycles. The van der Waals surface area contributed by atoms with Gasteiger partial charge in [-0.1, -0.05) is 12.8 Å². The average Bonchev–Trinajstić information content (AvgIpc) is 2.48. The molecule has 1 heterocycles. The van der Waals surface area contributed by atoms with E-state index in [1.54, 1.807) is 0 Å². The highest BCUT2D eigenvalue weighted by atomic mass is 32.2. The van der Waals surface area contributed by atoms with Crippen molar-refractivity contribution in [3.8, 4) is 0 Å². The molecule has 1 aliphatic carbocycles. The topological polar surface area (TPSA) is 3.24 Å². The third-order valence-corrected chi connectivity index (χ3v) is 4.52. The van der Waals surface area contributed by atoms with Crippen molar-refractivity contribution in [3.63, 3.8) is 0 Å². The Kier molecular flexibility index (Phi) is 1.69. The van der Waals surface area contributed by atoms with E-state index < -0.39 is 0 Å². The van der Waals surface area contributed by atoms with Crippen molar-refractivity contribution in [2.45, 2.75) is 30.6 Å². The Morgan fingerprint density at radius 1 is 1.30 bits per heavy atom. The zero-order chi connectivity index (χ0) is 7.03. The highest BCUT2D eigenvalue weighted by Crippen LogP contribution is 2.46. The first-order chi connectivity index (χ1) is 4.83. The molecule has 2 rings (SSSR count). The largest absolute Gasteiger partial charge is 0.291 e. The summed E-state index contributed by atoms with van der Waals surface area (Å²) in [6, 6.07) is 0. The van der Waals surface area contributed by atoms with Gasteiger partial charge in [0.1, 0.15) is 0 Å². The van der Waals surface area contributed by atoms with E-state index in [0.29, 0.717) is 4.87 Å². The van der Waals surface area contributed by atoms with Gasteiger partial charge in [-0.15, -0.1) is 11.8 Å². The molecule has 0 N–H and O–H groups in total. The zero-order valence-corrected chi connectivity index (χ0v) is 7.41. The maximum absolute atomic E-state index is 2.56. The lowest BCUT2D eigenvalue weighted by molar-refractivity contribution is 0.245. The number of hydrogen-bond acceptors (Lipinski definition) is 2. The van der Waals surface area contributed by atoms with E-state index in [2.05, 4.69) is 23.7 Å². The van der Waals surface area contributed by atoms with Gasteiger partial charge in [0.2, 0.25) is 0 Å². The van der Waals surface area contributed by atoms with E-state index in [9.17, 15) is 0 Å². The van der Waals surface area contributed by atoms with Crippen molar-refractivity contribution in [2.24, 2.45) is 0 Å². The minimum absolute atomic E-state index is 0.597. The lowest BCUT2D eigenvalue weighted by Gasteiger charge is -2.30. The fourth-order valence-electron chi connectivity index (χ4n) is 2.14. The fourth-order valence-corrected chi connectivity index (χ4v) is 3.77. The summed E-state index contributed by atoms with van der Waals surface area (Å²) < 4.78 is 0. The predicted molar refractivity (Wildman–Crippen MR) is 46.3 cm³/mol. The maximum Gasteiger partial charge on any atom is 0.0668 e. The van der Waals surface area contributed by atoms with Crippen molar-refractivity contribution >= 4 is 11.8 Å². The summed E-state index contributed by atoms with van der Waals surface area (Å²) in [6.45, 7) is 1.31. The van der Waals surface area contributed by atoms with Crippen LogP contribution in [0.5, 0.6) is 0 Å². The molecule has 0 aromatic carbocycles. The van der Waals surface area contributed by atoms with Gasteiger partial charge < -0.3 is 0 Å². The summed E-state index contributed by atoms with van der Waals surface area (Å²) in [6.07, 6.45) is 5.79. The number of nitrogens with zero attached hydrogens (tertiary/aromatic N) is 1. The summed E-state index contributed by atoms with van der Waals surface area (Å²) in [5.41, 5.74) is 0. The van der Waals surface area contributed by atoms with E-state index in [-0.39, 0.29) is 0 Å². The molecule has 1 spiro atoms. The lowest BCUT2D eigenvalue weighted by atomic mass is 10.2. The third-order valence-electron chi connectivity index (χ3n) is 2.88. The summed E-state index contributed by atoms with van der Waals surface area (Å²) in [5, 5.41) is 0. The van der Waals surface area contributed by atoms with Crippen LogP contribution >= 0.6 is 11.8 Å². The molecular weight excluding hydrogens is 142 g/mol. The van der Waals surface area contributed by atoms with Gasteiger partial charge in [-0.25, -0.2) is 0 Å². The Morgan fingerprint density at radius 2 is 2.00 bits per heavy atom. The Balaban J connectivity index is 2.11. The van der Waals surface area contributed by atoms with E-state index in [1.807, 2.05) is 0 Å². The molecule has 0 radical (unpaired) electrons.